The number of nitriles is 3. The fraction of sp³-hybridized carbons (Fsp3) is 0.0250. The van der Waals surface area contributed by atoms with E-state index in [1.165, 1.54) is 6.07 Å². The Morgan fingerprint density at radius 3 is 1.44 bits per heavy atom. The summed E-state index contributed by atoms with van der Waals surface area (Å²) >= 11 is 0. The standard InChI is InChI=1S/C40H20F3N5/c41-40(42,43)28-7-5-6-26(18-28)27-19-38(47-34-10-3-1-8-29(34)31-16-24(21-44)12-14-36(31)47)33(23-46)39(20-27)48-35-11-4-2-9-30(35)32-17-25(22-45)13-15-37(32)48/h1-20H. The number of nitrogens with zero attached hydrogens (tertiary/aromatic N) is 5. The van der Waals surface area contributed by atoms with E-state index in [2.05, 4.69) is 18.2 Å². The average Bonchev–Trinajstić information content (AvgIpc) is 3.62. The molecule has 0 bridgehead atoms. The highest BCUT2D eigenvalue weighted by atomic mass is 19.4. The molecule has 2 heterocycles. The molecule has 0 fully saturated rings. The number of aromatic nitrogens is 2. The summed E-state index contributed by atoms with van der Waals surface area (Å²) in [7, 11) is 0. The number of fused-ring (bicyclic) bond motifs is 6. The van der Waals surface area contributed by atoms with Crippen LogP contribution in [0.1, 0.15) is 22.3 Å². The highest BCUT2D eigenvalue weighted by molar-refractivity contribution is 6.11. The second-order valence-electron chi connectivity index (χ2n) is 11.5. The number of rotatable bonds is 3. The zero-order chi connectivity index (χ0) is 33.2. The Bertz CT molecular complexity index is 2610. The summed E-state index contributed by atoms with van der Waals surface area (Å²) < 4.78 is 45.7. The summed E-state index contributed by atoms with van der Waals surface area (Å²) in [6.45, 7) is 0. The van der Waals surface area contributed by atoms with Gasteiger partial charge in [-0.25, -0.2) is 0 Å². The van der Waals surface area contributed by atoms with Crippen molar-refractivity contribution in [2.45, 2.75) is 6.18 Å². The molecule has 0 unspecified atom stereocenters. The van der Waals surface area contributed by atoms with Crippen LogP contribution in [0.3, 0.4) is 0 Å². The Balaban J connectivity index is 1.55. The van der Waals surface area contributed by atoms with Crippen LogP contribution >= 0.6 is 0 Å². The second-order valence-corrected chi connectivity index (χ2v) is 11.5. The third-order valence-electron chi connectivity index (χ3n) is 8.82. The largest absolute Gasteiger partial charge is 0.416 e. The molecule has 0 saturated heterocycles. The molecule has 8 heteroatoms. The summed E-state index contributed by atoms with van der Waals surface area (Å²) in [5.74, 6) is 0. The molecule has 0 N–H and O–H groups in total. The zero-order valence-electron chi connectivity index (χ0n) is 24.9. The maximum Gasteiger partial charge on any atom is 0.416 e. The average molecular weight is 628 g/mol. The van der Waals surface area contributed by atoms with Crippen molar-refractivity contribution in [2.24, 2.45) is 0 Å². The third kappa shape index (κ3) is 4.31. The Morgan fingerprint density at radius 2 is 0.958 bits per heavy atom. The minimum Gasteiger partial charge on any atom is -0.308 e. The van der Waals surface area contributed by atoms with Gasteiger partial charge in [0.15, 0.2) is 0 Å². The number of hydrogen-bond acceptors (Lipinski definition) is 3. The first-order chi connectivity index (χ1) is 23.3. The molecule has 0 spiro atoms. The van der Waals surface area contributed by atoms with Crippen LogP contribution in [0.5, 0.6) is 0 Å². The summed E-state index contributed by atoms with van der Waals surface area (Å²) in [6, 6.07) is 41.5. The molecule has 5 nitrogen and oxygen atoms in total. The third-order valence-corrected chi connectivity index (χ3v) is 8.82. The first-order valence-corrected chi connectivity index (χ1v) is 14.9. The van der Waals surface area contributed by atoms with E-state index in [0.29, 0.717) is 39.2 Å². The summed E-state index contributed by atoms with van der Waals surface area (Å²) in [5.41, 5.74) is 5.23. The first kappa shape index (κ1) is 28.6. The molecule has 8 rings (SSSR count). The van der Waals surface area contributed by atoms with Crippen molar-refractivity contribution >= 4 is 43.6 Å². The van der Waals surface area contributed by atoms with Crippen LogP contribution in [-0.2, 0) is 6.18 Å². The Hall–Kier alpha value is -6.82. The Labute approximate surface area is 271 Å². The Kier molecular flexibility index (Phi) is 6.34. The maximum absolute atomic E-state index is 13.9. The summed E-state index contributed by atoms with van der Waals surface area (Å²) in [5, 5.41) is 33.6. The fourth-order valence-electron chi connectivity index (χ4n) is 6.72. The molecule has 0 aliphatic carbocycles. The van der Waals surface area contributed by atoms with Crippen LogP contribution in [0.2, 0.25) is 0 Å². The van der Waals surface area contributed by atoms with Crippen LogP contribution < -0.4 is 0 Å². The van der Waals surface area contributed by atoms with E-state index >= 15 is 0 Å². The van der Waals surface area contributed by atoms with Crippen molar-refractivity contribution in [3.8, 4) is 40.7 Å². The van der Waals surface area contributed by atoms with Crippen LogP contribution in [0.25, 0.3) is 66.1 Å². The Morgan fingerprint density at radius 1 is 0.458 bits per heavy atom. The number of halogens is 3. The van der Waals surface area contributed by atoms with Crippen LogP contribution in [0.15, 0.2) is 121 Å². The van der Waals surface area contributed by atoms with Gasteiger partial charge in [-0.05, 0) is 83.9 Å². The van der Waals surface area contributed by atoms with Gasteiger partial charge in [-0.2, -0.15) is 29.0 Å². The molecule has 0 radical (unpaired) electrons. The lowest BCUT2D eigenvalue weighted by Gasteiger charge is -2.19. The SMILES string of the molecule is N#Cc1ccc2c(c1)c1ccccc1n2-c1cc(-c2cccc(C(F)(F)F)c2)cc(-n2c3ccccc3c3cc(C#N)ccc32)c1C#N. The van der Waals surface area contributed by atoms with Gasteiger partial charge < -0.3 is 9.13 Å². The van der Waals surface area contributed by atoms with Gasteiger partial charge >= 0.3 is 6.18 Å². The highest BCUT2D eigenvalue weighted by Crippen LogP contribution is 2.41. The topological polar surface area (TPSA) is 81.2 Å². The molecule has 8 aromatic rings. The number of benzene rings is 6. The predicted molar refractivity (Wildman–Crippen MR) is 180 cm³/mol. The van der Waals surface area contributed by atoms with Crippen molar-refractivity contribution < 1.29 is 13.2 Å². The molecule has 0 saturated carbocycles. The van der Waals surface area contributed by atoms with Gasteiger partial charge in [-0.1, -0.05) is 48.5 Å². The van der Waals surface area contributed by atoms with E-state index in [9.17, 15) is 29.0 Å². The zero-order valence-corrected chi connectivity index (χ0v) is 24.9. The summed E-state index contributed by atoms with van der Waals surface area (Å²) in [4.78, 5) is 0. The van der Waals surface area contributed by atoms with Crippen molar-refractivity contribution in [2.75, 3.05) is 0 Å². The highest BCUT2D eigenvalue weighted by Gasteiger charge is 2.31. The van der Waals surface area contributed by atoms with Crippen LogP contribution in [0.4, 0.5) is 13.2 Å². The fourth-order valence-corrected chi connectivity index (χ4v) is 6.72. The number of hydrogen-bond donors (Lipinski definition) is 0. The van der Waals surface area contributed by atoms with Gasteiger partial charge in [-0.15, -0.1) is 0 Å². The normalized spacial score (nSPS) is 11.6. The molecule has 48 heavy (non-hydrogen) atoms. The lowest BCUT2D eigenvalue weighted by atomic mass is 9.98. The van der Waals surface area contributed by atoms with Gasteiger partial charge in [0.2, 0.25) is 0 Å². The minimum atomic E-state index is -4.55. The monoisotopic (exact) mass is 627 g/mol. The van der Waals surface area contributed by atoms with E-state index in [-0.39, 0.29) is 0 Å². The molecular formula is C40H20F3N5. The van der Waals surface area contributed by atoms with Crippen molar-refractivity contribution in [3.63, 3.8) is 0 Å². The minimum absolute atomic E-state index is 0.296. The molecule has 0 amide bonds. The van der Waals surface area contributed by atoms with E-state index in [4.69, 9.17) is 0 Å². The van der Waals surface area contributed by atoms with Crippen LogP contribution in [0, 0.1) is 34.0 Å². The van der Waals surface area contributed by atoms with Gasteiger partial charge in [0.25, 0.3) is 0 Å². The molecular weight excluding hydrogens is 607 g/mol. The lowest BCUT2D eigenvalue weighted by molar-refractivity contribution is -0.137. The quantitative estimate of drug-likeness (QED) is 0.195. The van der Waals surface area contributed by atoms with E-state index in [1.54, 1.807) is 42.5 Å². The molecule has 0 aliphatic rings. The molecule has 2 aromatic heterocycles. The van der Waals surface area contributed by atoms with E-state index in [0.717, 1.165) is 55.7 Å². The number of para-hydroxylation sites is 2. The number of alkyl halides is 3. The molecule has 226 valence electrons. The van der Waals surface area contributed by atoms with Crippen molar-refractivity contribution in [1.82, 2.24) is 9.13 Å². The molecule has 0 aliphatic heterocycles. The van der Waals surface area contributed by atoms with Crippen LogP contribution in [-0.4, -0.2) is 9.13 Å². The van der Waals surface area contributed by atoms with Gasteiger partial charge in [0, 0.05) is 21.5 Å². The van der Waals surface area contributed by atoms with Gasteiger partial charge in [0.1, 0.15) is 11.6 Å². The molecule has 6 aromatic carbocycles. The molecule has 0 atom stereocenters. The predicted octanol–water partition coefficient (Wildman–Crippen LogP) is 10.2. The second kappa shape index (κ2) is 10.6. The van der Waals surface area contributed by atoms with Crippen molar-refractivity contribution in [1.29, 1.82) is 15.8 Å². The van der Waals surface area contributed by atoms with E-state index < -0.39 is 11.7 Å². The first-order valence-electron chi connectivity index (χ1n) is 14.9. The lowest BCUT2D eigenvalue weighted by Crippen LogP contribution is -2.06. The van der Waals surface area contributed by atoms with Gasteiger partial charge in [-0.3, -0.25) is 0 Å². The van der Waals surface area contributed by atoms with Gasteiger partial charge in [0.05, 0.1) is 62.3 Å². The summed E-state index contributed by atoms with van der Waals surface area (Å²) in [6.07, 6.45) is -4.55. The smallest absolute Gasteiger partial charge is 0.308 e. The van der Waals surface area contributed by atoms with E-state index in [1.807, 2.05) is 69.8 Å². The maximum atomic E-state index is 13.9. The van der Waals surface area contributed by atoms with Crippen molar-refractivity contribution in [3.05, 3.63) is 144 Å².